The molecular weight excluding hydrogens is 446 g/mol. The normalized spacial score (nSPS) is 11.7. The van der Waals surface area contributed by atoms with Gasteiger partial charge in [0.1, 0.15) is 5.75 Å². The van der Waals surface area contributed by atoms with Crippen LogP contribution < -0.4 is 14.9 Å². The van der Waals surface area contributed by atoms with Crippen LogP contribution in [0.15, 0.2) is 52.4 Å². The summed E-state index contributed by atoms with van der Waals surface area (Å²) in [7, 11) is 3.29. The highest BCUT2D eigenvalue weighted by atomic mass is 32.2. The second kappa shape index (κ2) is 11.8. The topological polar surface area (TPSA) is 81.9 Å². The van der Waals surface area contributed by atoms with Crippen LogP contribution in [0.3, 0.4) is 0 Å². The number of thioether (sulfide) groups is 1. The van der Waals surface area contributed by atoms with Gasteiger partial charge in [-0.15, -0.1) is 11.8 Å². The van der Waals surface area contributed by atoms with Gasteiger partial charge in [0.15, 0.2) is 4.80 Å². The Labute approximate surface area is 195 Å². The van der Waals surface area contributed by atoms with Crippen molar-refractivity contribution in [2.24, 2.45) is 4.99 Å². The molecule has 1 aromatic heterocycles. The van der Waals surface area contributed by atoms with E-state index >= 15 is 0 Å². The molecule has 0 bridgehead atoms. The Morgan fingerprint density at radius 1 is 1.16 bits per heavy atom. The molecule has 0 fully saturated rings. The monoisotopic (exact) mass is 473 g/mol. The fraction of sp³-hybridized carbons (Fsp3) is 0.348. The smallest absolute Gasteiger partial charge is 0.248 e. The van der Waals surface area contributed by atoms with Crippen LogP contribution in [0, 0.1) is 0 Å². The highest BCUT2D eigenvalue weighted by molar-refractivity contribution is 7.99. The van der Waals surface area contributed by atoms with Crippen molar-refractivity contribution in [2.75, 3.05) is 31.9 Å². The molecule has 0 saturated carbocycles. The SMILES string of the molecule is COCCn1c(=NC(=O)CCCSc2ccc(OC)cc2)sc2cc(NC(C)=O)ccc21. The van der Waals surface area contributed by atoms with Gasteiger partial charge in [0.05, 0.1) is 23.9 Å². The zero-order valence-corrected chi connectivity index (χ0v) is 20.1. The molecule has 32 heavy (non-hydrogen) atoms. The van der Waals surface area contributed by atoms with Gasteiger partial charge in [0.25, 0.3) is 0 Å². The Kier molecular flexibility index (Phi) is 8.90. The lowest BCUT2D eigenvalue weighted by atomic mass is 10.3. The van der Waals surface area contributed by atoms with E-state index in [9.17, 15) is 9.59 Å². The number of aromatic nitrogens is 1. The van der Waals surface area contributed by atoms with E-state index < -0.39 is 0 Å². The third kappa shape index (κ3) is 6.69. The summed E-state index contributed by atoms with van der Waals surface area (Å²) < 4.78 is 13.3. The fourth-order valence-corrected chi connectivity index (χ4v) is 5.05. The summed E-state index contributed by atoms with van der Waals surface area (Å²) in [4.78, 5) is 30.1. The molecule has 0 aliphatic carbocycles. The first-order valence-corrected chi connectivity index (χ1v) is 12.0. The molecule has 0 atom stereocenters. The van der Waals surface area contributed by atoms with Gasteiger partial charge in [0, 0.05) is 37.6 Å². The molecule has 0 radical (unpaired) electrons. The first-order chi connectivity index (χ1) is 15.5. The molecule has 170 valence electrons. The van der Waals surface area contributed by atoms with Gasteiger partial charge >= 0.3 is 0 Å². The van der Waals surface area contributed by atoms with Crippen molar-refractivity contribution >= 4 is 50.8 Å². The number of nitrogens with zero attached hydrogens (tertiary/aromatic N) is 2. The standard InChI is InChI=1S/C23H27N3O4S2/c1-16(27)24-17-6-11-20-21(15-17)32-23(26(20)12-13-29-2)25-22(28)5-4-14-31-19-9-7-18(30-3)8-10-19/h6-11,15H,4-5,12-14H2,1-3H3,(H,24,27). The lowest BCUT2D eigenvalue weighted by Crippen LogP contribution is -2.19. The number of fused-ring (bicyclic) bond motifs is 1. The van der Waals surface area contributed by atoms with Crippen LogP contribution in [0.25, 0.3) is 10.2 Å². The molecule has 0 aliphatic heterocycles. The van der Waals surface area contributed by atoms with Crippen LogP contribution in [0.2, 0.25) is 0 Å². The molecule has 2 aromatic carbocycles. The first-order valence-electron chi connectivity index (χ1n) is 10.2. The maximum absolute atomic E-state index is 12.5. The van der Waals surface area contributed by atoms with Crippen molar-refractivity contribution in [3.05, 3.63) is 47.3 Å². The van der Waals surface area contributed by atoms with E-state index in [4.69, 9.17) is 9.47 Å². The van der Waals surface area contributed by atoms with Crippen molar-refractivity contribution < 1.29 is 19.1 Å². The molecule has 3 rings (SSSR count). The van der Waals surface area contributed by atoms with Gasteiger partial charge in [-0.3, -0.25) is 9.59 Å². The third-order valence-electron chi connectivity index (χ3n) is 4.61. The maximum Gasteiger partial charge on any atom is 0.248 e. The van der Waals surface area contributed by atoms with Crippen molar-refractivity contribution in [3.8, 4) is 5.75 Å². The van der Waals surface area contributed by atoms with E-state index in [1.807, 2.05) is 47.0 Å². The van der Waals surface area contributed by atoms with Gasteiger partial charge in [-0.25, -0.2) is 0 Å². The van der Waals surface area contributed by atoms with Crippen LogP contribution in [-0.2, 0) is 20.9 Å². The summed E-state index contributed by atoms with van der Waals surface area (Å²) in [6.07, 6.45) is 1.13. The Bertz CT molecular complexity index is 1140. The Morgan fingerprint density at radius 2 is 1.94 bits per heavy atom. The minimum absolute atomic E-state index is 0.124. The second-order valence-electron chi connectivity index (χ2n) is 7.03. The maximum atomic E-state index is 12.5. The van der Waals surface area contributed by atoms with E-state index in [2.05, 4.69) is 10.3 Å². The number of benzene rings is 2. The average molecular weight is 474 g/mol. The third-order valence-corrected chi connectivity index (χ3v) is 6.75. The van der Waals surface area contributed by atoms with E-state index in [0.29, 0.717) is 24.4 Å². The molecule has 0 saturated heterocycles. The van der Waals surface area contributed by atoms with Crippen LogP contribution in [-0.4, -0.2) is 43.0 Å². The number of nitrogens with one attached hydrogen (secondary N) is 1. The Balaban J connectivity index is 1.68. The van der Waals surface area contributed by atoms with Crippen LogP contribution in [0.4, 0.5) is 5.69 Å². The zero-order valence-electron chi connectivity index (χ0n) is 18.4. The number of hydrogen-bond acceptors (Lipinski definition) is 6. The van der Waals surface area contributed by atoms with E-state index in [-0.39, 0.29) is 11.8 Å². The van der Waals surface area contributed by atoms with Crippen molar-refractivity contribution in [1.82, 2.24) is 4.57 Å². The van der Waals surface area contributed by atoms with Gasteiger partial charge in [0.2, 0.25) is 11.8 Å². The zero-order chi connectivity index (χ0) is 22.9. The quantitative estimate of drug-likeness (QED) is 0.350. The lowest BCUT2D eigenvalue weighted by Gasteiger charge is -2.05. The summed E-state index contributed by atoms with van der Waals surface area (Å²) in [6.45, 7) is 2.58. The number of ether oxygens (including phenoxy) is 2. The number of carbonyl (C=O) groups excluding carboxylic acids is 2. The summed E-state index contributed by atoms with van der Waals surface area (Å²) in [5.74, 6) is 1.41. The van der Waals surface area contributed by atoms with E-state index in [0.717, 1.165) is 38.7 Å². The molecule has 0 aliphatic rings. The molecule has 0 unspecified atom stereocenters. The number of carbonyl (C=O) groups is 2. The average Bonchev–Trinajstić information content (AvgIpc) is 3.11. The number of methoxy groups -OCH3 is 2. The number of anilines is 1. The van der Waals surface area contributed by atoms with Gasteiger partial charge in [-0.05, 0) is 54.6 Å². The van der Waals surface area contributed by atoms with Crippen molar-refractivity contribution in [3.63, 3.8) is 0 Å². The summed E-state index contributed by atoms with van der Waals surface area (Å²) in [5.41, 5.74) is 1.68. The molecule has 1 N–H and O–H groups in total. The highest BCUT2D eigenvalue weighted by Crippen LogP contribution is 2.23. The molecular formula is C23H27N3O4S2. The molecule has 0 spiro atoms. The summed E-state index contributed by atoms with van der Waals surface area (Å²) in [6, 6.07) is 13.6. The number of amides is 2. The minimum atomic E-state index is -0.139. The highest BCUT2D eigenvalue weighted by Gasteiger charge is 2.10. The van der Waals surface area contributed by atoms with E-state index in [1.54, 1.807) is 26.0 Å². The van der Waals surface area contributed by atoms with Crippen molar-refractivity contribution in [2.45, 2.75) is 31.2 Å². The predicted octanol–water partition coefficient (Wildman–Crippen LogP) is 4.32. The van der Waals surface area contributed by atoms with Crippen LogP contribution in [0.1, 0.15) is 19.8 Å². The summed E-state index contributed by atoms with van der Waals surface area (Å²) in [5, 5.41) is 2.79. The molecule has 3 aromatic rings. The van der Waals surface area contributed by atoms with Crippen LogP contribution in [0.5, 0.6) is 5.75 Å². The predicted molar refractivity (Wildman–Crippen MR) is 130 cm³/mol. The summed E-state index contributed by atoms with van der Waals surface area (Å²) >= 11 is 3.14. The van der Waals surface area contributed by atoms with Gasteiger partial charge in [-0.2, -0.15) is 4.99 Å². The fourth-order valence-electron chi connectivity index (χ4n) is 3.09. The molecule has 9 heteroatoms. The van der Waals surface area contributed by atoms with Crippen molar-refractivity contribution in [1.29, 1.82) is 0 Å². The van der Waals surface area contributed by atoms with Gasteiger partial charge in [-0.1, -0.05) is 11.3 Å². The molecule has 1 heterocycles. The molecule has 2 amide bonds. The molecule has 7 nitrogen and oxygen atoms in total. The lowest BCUT2D eigenvalue weighted by molar-refractivity contribution is -0.118. The second-order valence-corrected chi connectivity index (χ2v) is 9.20. The number of thiazole rings is 1. The first kappa shape index (κ1) is 24.0. The van der Waals surface area contributed by atoms with Gasteiger partial charge < -0.3 is 19.4 Å². The number of rotatable bonds is 10. The Morgan fingerprint density at radius 3 is 2.62 bits per heavy atom. The van der Waals surface area contributed by atoms with E-state index in [1.165, 1.54) is 18.3 Å². The largest absolute Gasteiger partial charge is 0.497 e. The van der Waals surface area contributed by atoms with Crippen LogP contribution >= 0.6 is 23.1 Å². The Hall–Kier alpha value is -2.62. The number of hydrogen-bond donors (Lipinski definition) is 1. The minimum Gasteiger partial charge on any atom is -0.497 e.